The van der Waals surface area contributed by atoms with E-state index in [-0.39, 0.29) is 0 Å². The Labute approximate surface area is 104 Å². The summed E-state index contributed by atoms with van der Waals surface area (Å²) in [4.78, 5) is 4.40. The summed E-state index contributed by atoms with van der Waals surface area (Å²) in [6.07, 6.45) is 2.70. The Bertz CT molecular complexity index is 715. The summed E-state index contributed by atoms with van der Waals surface area (Å²) in [6.45, 7) is 2.05. The molecule has 7 nitrogen and oxygen atoms in total. The molecule has 0 spiro atoms. The average Bonchev–Trinajstić information content (AvgIpc) is 2.96. The second-order valence-corrected chi connectivity index (χ2v) is 4.25. The summed E-state index contributed by atoms with van der Waals surface area (Å²) in [6, 6.07) is 1.90. The maximum absolute atomic E-state index is 5.99. The van der Waals surface area contributed by atoms with Crippen molar-refractivity contribution in [3.8, 4) is 5.82 Å². The molecule has 94 valence electrons. The van der Waals surface area contributed by atoms with Gasteiger partial charge in [-0.15, -0.1) is 0 Å². The maximum atomic E-state index is 5.99. The lowest BCUT2D eigenvalue weighted by Crippen LogP contribution is -2.06. The maximum Gasteiger partial charge on any atom is 0.208 e. The highest BCUT2D eigenvalue weighted by molar-refractivity contribution is 5.79. The van der Waals surface area contributed by atoms with E-state index in [1.165, 1.54) is 0 Å². The molecular formula is C11H15N7. The fraction of sp³-hybridized carbons (Fsp3) is 0.364. The van der Waals surface area contributed by atoms with Gasteiger partial charge in [0, 0.05) is 26.4 Å². The van der Waals surface area contributed by atoms with Gasteiger partial charge in [-0.05, 0) is 6.42 Å². The number of anilines is 1. The molecule has 0 aliphatic heterocycles. The van der Waals surface area contributed by atoms with Crippen LogP contribution in [0.15, 0.2) is 12.3 Å². The van der Waals surface area contributed by atoms with Crippen LogP contribution in [-0.4, -0.2) is 29.1 Å². The van der Waals surface area contributed by atoms with Crippen molar-refractivity contribution in [1.82, 2.24) is 29.1 Å². The predicted molar refractivity (Wildman–Crippen MR) is 68.4 cm³/mol. The second kappa shape index (κ2) is 3.59. The van der Waals surface area contributed by atoms with Crippen LogP contribution >= 0.6 is 0 Å². The van der Waals surface area contributed by atoms with Crippen LogP contribution in [0.1, 0.15) is 12.6 Å². The van der Waals surface area contributed by atoms with E-state index in [9.17, 15) is 0 Å². The van der Waals surface area contributed by atoms with Gasteiger partial charge >= 0.3 is 0 Å². The minimum absolute atomic E-state index is 0.436. The van der Waals surface area contributed by atoms with Crippen molar-refractivity contribution in [3.05, 3.63) is 18.0 Å². The van der Waals surface area contributed by atoms with Gasteiger partial charge in [0.05, 0.1) is 5.69 Å². The van der Waals surface area contributed by atoms with Crippen molar-refractivity contribution >= 4 is 17.1 Å². The quantitative estimate of drug-likeness (QED) is 0.718. The Morgan fingerprint density at radius 2 is 2.06 bits per heavy atom. The van der Waals surface area contributed by atoms with E-state index < -0.39 is 0 Å². The molecule has 0 aliphatic carbocycles. The molecule has 0 bridgehead atoms. The van der Waals surface area contributed by atoms with Crippen LogP contribution in [0.2, 0.25) is 0 Å². The van der Waals surface area contributed by atoms with Crippen LogP contribution in [0, 0.1) is 0 Å². The molecule has 18 heavy (non-hydrogen) atoms. The molecule has 0 aliphatic rings. The molecule has 0 aromatic carbocycles. The zero-order chi connectivity index (χ0) is 12.9. The highest BCUT2D eigenvalue weighted by Gasteiger charge is 2.19. The standard InChI is InChI=1S/C11H15N7/c1-4-7-9-10(17(3)14-7)18(11(12)13-9)8-5-6-16(2)15-8/h5-6H,4H2,1-3H3,(H2,12,13). The molecule has 3 rings (SSSR count). The van der Waals surface area contributed by atoms with Gasteiger partial charge in [-0.25, -0.2) is 14.2 Å². The van der Waals surface area contributed by atoms with Crippen molar-refractivity contribution in [2.75, 3.05) is 5.73 Å². The van der Waals surface area contributed by atoms with E-state index in [1.54, 1.807) is 9.36 Å². The number of rotatable bonds is 2. The largest absolute Gasteiger partial charge is 0.369 e. The number of fused-ring (bicyclic) bond motifs is 1. The van der Waals surface area contributed by atoms with Crippen molar-refractivity contribution in [3.63, 3.8) is 0 Å². The monoisotopic (exact) mass is 245 g/mol. The highest BCUT2D eigenvalue weighted by atomic mass is 15.4. The van der Waals surface area contributed by atoms with Crippen molar-refractivity contribution in [2.24, 2.45) is 14.1 Å². The van der Waals surface area contributed by atoms with Gasteiger partial charge in [0.2, 0.25) is 5.95 Å². The predicted octanol–water partition coefficient (Wildman–Crippen LogP) is 0.637. The molecule has 0 atom stereocenters. The topological polar surface area (TPSA) is 79.5 Å². The summed E-state index contributed by atoms with van der Waals surface area (Å²) in [5, 5.41) is 8.80. The van der Waals surface area contributed by atoms with Crippen molar-refractivity contribution in [2.45, 2.75) is 13.3 Å². The third kappa shape index (κ3) is 1.33. The van der Waals surface area contributed by atoms with Crippen molar-refractivity contribution in [1.29, 1.82) is 0 Å². The van der Waals surface area contributed by atoms with E-state index >= 15 is 0 Å². The number of hydrogen-bond donors (Lipinski definition) is 1. The molecule has 2 N–H and O–H groups in total. The zero-order valence-corrected chi connectivity index (χ0v) is 10.6. The van der Waals surface area contributed by atoms with Crippen LogP contribution in [0.3, 0.4) is 0 Å². The van der Waals surface area contributed by atoms with Crippen LogP contribution in [0.5, 0.6) is 0 Å². The van der Waals surface area contributed by atoms with E-state index in [4.69, 9.17) is 5.73 Å². The number of imidazole rings is 1. The lowest BCUT2D eigenvalue weighted by atomic mass is 10.3. The first-order chi connectivity index (χ1) is 8.61. The molecule has 7 heteroatoms. The van der Waals surface area contributed by atoms with Crippen LogP contribution in [0.4, 0.5) is 5.95 Å². The molecule has 0 amide bonds. The second-order valence-electron chi connectivity index (χ2n) is 4.25. The number of nitrogens with two attached hydrogens (primary N) is 1. The molecule has 3 heterocycles. The molecule has 0 saturated carbocycles. The molecule has 0 saturated heterocycles. The summed E-state index contributed by atoms with van der Waals surface area (Å²) < 4.78 is 5.35. The van der Waals surface area contributed by atoms with Gasteiger partial charge in [-0.3, -0.25) is 4.68 Å². The van der Waals surface area contributed by atoms with Crippen molar-refractivity contribution < 1.29 is 0 Å². The minimum atomic E-state index is 0.436. The molecule has 3 aromatic rings. The molecule has 0 unspecified atom stereocenters. The number of nitrogens with zero attached hydrogens (tertiary/aromatic N) is 6. The third-order valence-corrected chi connectivity index (χ3v) is 2.99. The van der Waals surface area contributed by atoms with Gasteiger partial charge in [0.1, 0.15) is 5.52 Å². The van der Waals surface area contributed by atoms with Gasteiger partial charge in [0.25, 0.3) is 0 Å². The van der Waals surface area contributed by atoms with Gasteiger partial charge in [-0.1, -0.05) is 6.92 Å². The minimum Gasteiger partial charge on any atom is -0.369 e. The summed E-state index contributed by atoms with van der Waals surface area (Å²) in [5.74, 6) is 1.19. The summed E-state index contributed by atoms with van der Waals surface area (Å²) in [5.41, 5.74) is 8.67. The molecule has 0 fully saturated rings. The molecule has 3 aromatic heterocycles. The Morgan fingerprint density at radius 1 is 1.28 bits per heavy atom. The lowest BCUT2D eigenvalue weighted by molar-refractivity contribution is 0.732. The Balaban J connectivity index is 2.35. The van der Waals surface area contributed by atoms with E-state index in [1.807, 2.05) is 30.9 Å². The van der Waals surface area contributed by atoms with Crippen LogP contribution < -0.4 is 5.73 Å². The summed E-state index contributed by atoms with van der Waals surface area (Å²) >= 11 is 0. The lowest BCUT2D eigenvalue weighted by Gasteiger charge is -2.02. The van der Waals surface area contributed by atoms with Crippen LogP contribution in [0.25, 0.3) is 17.0 Å². The van der Waals surface area contributed by atoms with Crippen LogP contribution in [-0.2, 0) is 20.5 Å². The molecular weight excluding hydrogens is 230 g/mol. The smallest absolute Gasteiger partial charge is 0.208 e. The van der Waals surface area contributed by atoms with E-state index in [0.29, 0.717) is 5.95 Å². The molecule has 0 radical (unpaired) electrons. The van der Waals surface area contributed by atoms with Gasteiger partial charge in [0.15, 0.2) is 11.5 Å². The third-order valence-electron chi connectivity index (χ3n) is 2.99. The first kappa shape index (κ1) is 10.8. The van der Waals surface area contributed by atoms with E-state index in [2.05, 4.69) is 22.1 Å². The fourth-order valence-electron chi connectivity index (χ4n) is 2.18. The Hall–Kier alpha value is -2.31. The SMILES string of the molecule is CCc1nn(C)c2c1nc(N)n2-c1ccn(C)n1. The number of aromatic nitrogens is 6. The normalized spacial score (nSPS) is 11.5. The average molecular weight is 245 g/mol. The van der Waals surface area contributed by atoms with E-state index in [0.717, 1.165) is 29.1 Å². The number of hydrogen-bond acceptors (Lipinski definition) is 4. The van der Waals surface area contributed by atoms with Gasteiger partial charge < -0.3 is 5.73 Å². The fourth-order valence-corrected chi connectivity index (χ4v) is 2.18. The summed E-state index contributed by atoms with van der Waals surface area (Å²) in [7, 11) is 3.76. The Morgan fingerprint density at radius 3 is 2.67 bits per heavy atom. The first-order valence-corrected chi connectivity index (χ1v) is 5.81. The number of aryl methyl sites for hydroxylation is 3. The number of nitrogen functional groups attached to an aromatic ring is 1. The highest BCUT2D eigenvalue weighted by Crippen LogP contribution is 2.24. The first-order valence-electron chi connectivity index (χ1n) is 5.81. The Kier molecular flexibility index (Phi) is 2.16. The zero-order valence-electron chi connectivity index (χ0n) is 10.6. The van der Waals surface area contributed by atoms with Gasteiger partial charge in [-0.2, -0.15) is 10.2 Å².